The van der Waals surface area contributed by atoms with Crippen molar-refractivity contribution < 1.29 is 21.6 Å². The summed E-state index contributed by atoms with van der Waals surface area (Å²) in [6.45, 7) is 11.5. The average molecular weight is 612 g/mol. The standard InChI is InChI=1S/C19H20N2O3S.C13H21NO2S/c20-25(22,23)15-7-5-14(6-8-15)17-13-19(9-11-21-12-10-19)24-18-4-2-1-3-16(17)18;1-10(2)11-6-8-12(9-7-11)17(15,16)14-13(3,4)5/h1-8,13,21H,9-12H2,(H2,20,22,23);6-10,14H,1-5H3. The summed E-state index contributed by atoms with van der Waals surface area (Å²) in [4.78, 5) is 0.436. The van der Waals surface area contributed by atoms with E-state index in [2.05, 4.69) is 30.0 Å². The molecule has 0 aliphatic carbocycles. The molecule has 42 heavy (non-hydrogen) atoms. The molecule has 0 saturated carbocycles. The average Bonchev–Trinajstić information content (AvgIpc) is 2.92. The van der Waals surface area contributed by atoms with Gasteiger partial charge in [-0.25, -0.2) is 26.7 Å². The Hall–Kier alpha value is -3.02. The molecule has 8 nitrogen and oxygen atoms in total. The molecule has 1 saturated heterocycles. The van der Waals surface area contributed by atoms with Gasteiger partial charge >= 0.3 is 0 Å². The molecule has 10 heteroatoms. The molecule has 3 aromatic rings. The summed E-state index contributed by atoms with van der Waals surface area (Å²) >= 11 is 0. The van der Waals surface area contributed by atoms with Gasteiger partial charge in [-0.1, -0.05) is 56.3 Å². The number of fused-ring (bicyclic) bond motifs is 1. The van der Waals surface area contributed by atoms with Crippen molar-refractivity contribution in [3.63, 3.8) is 0 Å². The number of nitrogens with two attached hydrogens (primary N) is 1. The van der Waals surface area contributed by atoms with Gasteiger partial charge in [-0.15, -0.1) is 0 Å². The van der Waals surface area contributed by atoms with E-state index in [0.29, 0.717) is 10.8 Å². The maximum Gasteiger partial charge on any atom is 0.241 e. The number of nitrogens with one attached hydrogen (secondary N) is 2. The van der Waals surface area contributed by atoms with Gasteiger partial charge in [0, 0.05) is 23.9 Å². The highest BCUT2D eigenvalue weighted by Gasteiger charge is 2.37. The van der Waals surface area contributed by atoms with E-state index >= 15 is 0 Å². The van der Waals surface area contributed by atoms with E-state index in [1.807, 2.05) is 69.3 Å². The van der Waals surface area contributed by atoms with Gasteiger partial charge in [-0.2, -0.15) is 0 Å². The smallest absolute Gasteiger partial charge is 0.241 e. The predicted octanol–water partition coefficient (Wildman–Crippen LogP) is 5.17. The molecule has 2 heterocycles. The molecule has 2 aliphatic rings. The normalized spacial score (nSPS) is 16.6. The van der Waals surface area contributed by atoms with Crippen molar-refractivity contribution >= 4 is 25.6 Å². The molecular formula is C32H41N3O5S2. The fourth-order valence-electron chi connectivity index (χ4n) is 5.02. The second kappa shape index (κ2) is 12.3. The van der Waals surface area contributed by atoms with Crippen molar-refractivity contribution in [2.45, 2.75) is 74.3 Å². The third-order valence-corrected chi connectivity index (χ3v) is 9.84. The molecular weight excluding hydrogens is 571 g/mol. The van der Waals surface area contributed by atoms with Gasteiger partial charge in [0.25, 0.3) is 0 Å². The minimum Gasteiger partial charge on any atom is -0.482 e. The van der Waals surface area contributed by atoms with Gasteiger partial charge in [0.1, 0.15) is 11.4 Å². The lowest BCUT2D eigenvalue weighted by atomic mass is 9.83. The first-order valence-corrected chi connectivity index (χ1v) is 17.1. The Bertz CT molecular complexity index is 1630. The van der Waals surface area contributed by atoms with Crippen LogP contribution in [-0.2, 0) is 20.0 Å². The quantitative estimate of drug-likeness (QED) is 0.366. The molecule has 0 bridgehead atoms. The first-order valence-electron chi connectivity index (χ1n) is 14.1. The Labute approximate surface area is 250 Å². The van der Waals surface area contributed by atoms with E-state index in [-0.39, 0.29) is 10.5 Å². The monoisotopic (exact) mass is 611 g/mol. The van der Waals surface area contributed by atoms with Crippen molar-refractivity contribution in [2.75, 3.05) is 13.1 Å². The van der Waals surface area contributed by atoms with Gasteiger partial charge in [0.05, 0.1) is 9.79 Å². The van der Waals surface area contributed by atoms with Crippen molar-refractivity contribution in [1.82, 2.24) is 10.0 Å². The van der Waals surface area contributed by atoms with E-state index < -0.39 is 25.6 Å². The SMILES string of the molecule is CC(C)c1ccc(S(=O)(=O)NC(C)(C)C)cc1.NS(=O)(=O)c1ccc(C2=CC3(CCNCC3)Oc3ccccc32)cc1. The van der Waals surface area contributed by atoms with Crippen LogP contribution in [0.15, 0.2) is 88.7 Å². The first-order chi connectivity index (χ1) is 19.6. The number of hydrogen-bond donors (Lipinski definition) is 3. The topological polar surface area (TPSA) is 128 Å². The number of ether oxygens (including phenoxy) is 1. The van der Waals surface area contributed by atoms with Crippen molar-refractivity contribution in [3.05, 3.63) is 95.6 Å². The van der Waals surface area contributed by atoms with Crippen LogP contribution in [0.5, 0.6) is 5.75 Å². The van der Waals surface area contributed by atoms with Crippen molar-refractivity contribution in [2.24, 2.45) is 5.14 Å². The lowest BCUT2D eigenvalue weighted by Crippen LogP contribution is -2.46. The van der Waals surface area contributed by atoms with E-state index in [9.17, 15) is 16.8 Å². The van der Waals surface area contributed by atoms with Crippen LogP contribution in [-0.4, -0.2) is 41.1 Å². The molecule has 0 unspecified atom stereocenters. The van der Waals surface area contributed by atoms with E-state index in [1.165, 1.54) is 0 Å². The van der Waals surface area contributed by atoms with Crippen molar-refractivity contribution in [3.8, 4) is 5.75 Å². The molecule has 1 fully saturated rings. The largest absolute Gasteiger partial charge is 0.482 e. The molecule has 0 radical (unpaired) electrons. The van der Waals surface area contributed by atoms with Gasteiger partial charge < -0.3 is 10.1 Å². The maximum absolute atomic E-state index is 12.0. The molecule has 0 aromatic heterocycles. The minimum absolute atomic E-state index is 0.119. The number of piperidine rings is 1. The molecule has 2 aliphatic heterocycles. The van der Waals surface area contributed by atoms with Gasteiger partial charge in [-0.3, -0.25) is 0 Å². The number of rotatable bonds is 5. The van der Waals surface area contributed by atoms with E-state index in [1.54, 1.807) is 24.3 Å². The van der Waals surface area contributed by atoms with Crippen LogP contribution in [0.25, 0.3) is 5.57 Å². The zero-order chi connectivity index (χ0) is 30.8. The summed E-state index contributed by atoms with van der Waals surface area (Å²) in [7, 11) is -7.10. The number of hydrogen-bond acceptors (Lipinski definition) is 6. The maximum atomic E-state index is 12.0. The van der Waals surface area contributed by atoms with Gasteiger partial charge in [-0.05, 0) is 92.9 Å². The molecule has 226 valence electrons. The van der Waals surface area contributed by atoms with Crippen LogP contribution in [0.4, 0.5) is 0 Å². The van der Waals surface area contributed by atoms with Gasteiger partial charge in [0.15, 0.2) is 0 Å². The zero-order valence-corrected chi connectivity index (χ0v) is 26.5. The highest BCUT2D eigenvalue weighted by atomic mass is 32.2. The summed E-state index contributed by atoms with van der Waals surface area (Å²) in [5.74, 6) is 1.28. The van der Waals surface area contributed by atoms with Crippen LogP contribution in [0, 0.1) is 0 Å². The third-order valence-electron chi connectivity index (χ3n) is 7.14. The summed E-state index contributed by atoms with van der Waals surface area (Å²) in [6.07, 6.45) is 4.00. The predicted molar refractivity (Wildman–Crippen MR) is 167 cm³/mol. The lowest BCUT2D eigenvalue weighted by molar-refractivity contribution is 0.0817. The Morgan fingerprint density at radius 3 is 1.98 bits per heavy atom. The van der Waals surface area contributed by atoms with E-state index in [4.69, 9.17) is 9.88 Å². The molecule has 0 amide bonds. The van der Waals surface area contributed by atoms with E-state index in [0.717, 1.165) is 53.9 Å². The van der Waals surface area contributed by atoms with Crippen LogP contribution in [0.2, 0.25) is 0 Å². The Balaban J connectivity index is 0.000000209. The summed E-state index contributed by atoms with van der Waals surface area (Å²) in [5.41, 5.74) is 3.42. The van der Waals surface area contributed by atoms with Crippen LogP contribution in [0.1, 0.15) is 70.1 Å². The van der Waals surface area contributed by atoms with Crippen LogP contribution in [0.3, 0.4) is 0 Å². The van der Waals surface area contributed by atoms with Crippen LogP contribution >= 0.6 is 0 Å². The summed E-state index contributed by atoms with van der Waals surface area (Å²) in [6, 6.07) is 21.7. The Morgan fingerprint density at radius 1 is 0.857 bits per heavy atom. The zero-order valence-electron chi connectivity index (χ0n) is 24.8. The minimum atomic E-state index is -3.69. The third kappa shape index (κ3) is 7.87. The Kier molecular flexibility index (Phi) is 9.34. The number of sulfonamides is 2. The Morgan fingerprint density at radius 2 is 1.43 bits per heavy atom. The highest BCUT2D eigenvalue weighted by molar-refractivity contribution is 7.89. The molecule has 5 rings (SSSR count). The molecule has 1 spiro atoms. The second-order valence-corrected chi connectivity index (χ2v) is 15.4. The molecule has 3 aromatic carbocycles. The summed E-state index contributed by atoms with van der Waals surface area (Å²) in [5, 5.41) is 8.57. The molecule has 4 N–H and O–H groups in total. The fraction of sp³-hybridized carbons (Fsp3) is 0.375. The highest BCUT2D eigenvalue weighted by Crippen LogP contribution is 2.42. The second-order valence-electron chi connectivity index (χ2n) is 12.1. The van der Waals surface area contributed by atoms with Gasteiger partial charge in [0.2, 0.25) is 20.0 Å². The number of benzene rings is 3. The fourth-order valence-corrected chi connectivity index (χ4v) is 6.95. The summed E-state index contributed by atoms with van der Waals surface area (Å²) < 4.78 is 56.0. The van der Waals surface area contributed by atoms with Crippen LogP contribution < -0.4 is 19.9 Å². The lowest BCUT2D eigenvalue weighted by Gasteiger charge is -2.40. The molecule has 0 atom stereocenters. The number of para-hydroxylation sites is 1. The first kappa shape index (κ1) is 31.9. The number of primary sulfonamides is 1. The van der Waals surface area contributed by atoms with Crippen molar-refractivity contribution in [1.29, 1.82) is 0 Å².